The third-order valence-electron chi connectivity index (χ3n) is 3.08. The van der Waals surface area contributed by atoms with Crippen LogP contribution < -0.4 is 0 Å². The number of benzene rings is 1. The molecule has 1 aromatic heterocycles. The van der Waals surface area contributed by atoms with Crippen LogP contribution in [0.2, 0.25) is 0 Å². The van der Waals surface area contributed by atoms with Crippen molar-refractivity contribution in [2.75, 3.05) is 6.61 Å². The maximum atomic E-state index is 11.8. The first-order valence-corrected chi connectivity index (χ1v) is 6.48. The summed E-state index contributed by atoms with van der Waals surface area (Å²) in [6.45, 7) is 1.60. The van der Waals surface area contributed by atoms with Gasteiger partial charge < -0.3 is 14.9 Å². The number of esters is 1. The molecule has 0 aliphatic carbocycles. The quantitative estimate of drug-likeness (QED) is 0.451. The number of hydrogen-bond donors (Lipinski definition) is 0. The molecule has 10 heteroatoms. The second-order valence-corrected chi connectivity index (χ2v) is 4.51. The van der Waals surface area contributed by atoms with Gasteiger partial charge in [0, 0.05) is 19.1 Å². The van der Waals surface area contributed by atoms with E-state index < -0.39 is 15.8 Å². The zero-order valence-corrected chi connectivity index (χ0v) is 12.0. The highest BCUT2D eigenvalue weighted by molar-refractivity contribution is 5.89. The highest BCUT2D eigenvalue weighted by Gasteiger charge is 2.18. The van der Waals surface area contributed by atoms with Crippen molar-refractivity contribution >= 4 is 17.5 Å². The van der Waals surface area contributed by atoms with E-state index in [1.54, 1.807) is 6.92 Å². The molecule has 0 radical (unpaired) electrons. The topological polar surface area (TPSA) is 130 Å². The van der Waals surface area contributed by atoms with Gasteiger partial charge in [0.15, 0.2) is 5.82 Å². The number of carbonyl (C=O) groups excluding carboxylic acids is 1. The molecule has 0 saturated heterocycles. The van der Waals surface area contributed by atoms with Gasteiger partial charge in [-0.05, 0) is 17.1 Å². The van der Waals surface area contributed by atoms with E-state index in [4.69, 9.17) is 4.74 Å². The van der Waals surface area contributed by atoms with E-state index in [2.05, 4.69) is 4.98 Å². The van der Waals surface area contributed by atoms with E-state index in [0.717, 1.165) is 6.20 Å². The Morgan fingerprint density at radius 1 is 1.22 bits per heavy atom. The minimum atomic E-state index is -0.666. The molecule has 120 valence electrons. The van der Waals surface area contributed by atoms with Gasteiger partial charge in [-0.1, -0.05) is 0 Å². The number of non-ortho nitro benzene ring substituents is 1. The second-order valence-electron chi connectivity index (χ2n) is 4.51. The fourth-order valence-corrected chi connectivity index (χ4v) is 1.91. The average Bonchev–Trinajstić information content (AvgIpc) is 2.88. The molecule has 0 N–H and O–H groups in total. The third-order valence-corrected chi connectivity index (χ3v) is 3.08. The lowest BCUT2D eigenvalue weighted by atomic mass is 10.2. The molecular weight excluding hydrogens is 308 g/mol. The van der Waals surface area contributed by atoms with Crippen molar-refractivity contribution in [2.45, 2.75) is 13.5 Å². The summed E-state index contributed by atoms with van der Waals surface area (Å²) in [5.74, 6) is -0.419. The van der Waals surface area contributed by atoms with Gasteiger partial charge in [-0.15, -0.1) is 0 Å². The SMILES string of the molecule is Cc1ncc([N+](=O)[O-])n1CCOC(=O)c1ccc([N+](=O)[O-])cc1. The Labute approximate surface area is 129 Å². The van der Waals surface area contributed by atoms with Gasteiger partial charge >= 0.3 is 11.8 Å². The first-order valence-electron chi connectivity index (χ1n) is 6.48. The summed E-state index contributed by atoms with van der Waals surface area (Å²) in [6.07, 6.45) is 1.13. The van der Waals surface area contributed by atoms with E-state index >= 15 is 0 Å². The molecule has 0 bridgehead atoms. The average molecular weight is 320 g/mol. The summed E-state index contributed by atoms with van der Waals surface area (Å²) < 4.78 is 6.33. The summed E-state index contributed by atoms with van der Waals surface area (Å²) in [4.78, 5) is 35.9. The van der Waals surface area contributed by atoms with E-state index in [-0.39, 0.29) is 30.2 Å². The largest absolute Gasteiger partial charge is 0.458 e. The lowest BCUT2D eigenvalue weighted by Gasteiger charge is -2.05. The van der Waals surface area contributed by atoms with Crippen LogP contribution in [0.15, 0.2) is 30.5 Å². The summed E-state index contributed by atoms with van der Waals surface area (Å²) in [6, 6.07) is 4.96. The molecule has 2 rings (SSSR count). The summed E-state index contributed by atoms with van der Waals surface area (Å²) in [5.41, 5.74) is 0.0265. The number of hydrogen-bond acceptors (Lipinski definition) is 7. The minimum Gasteiger partial charge on any atom is -0.458 e. The molecule has 0 aliphatic rings. The molecule has 0 amide bonds. The van der Waals surface area contributed by atoms with Crippen LogP contribution in [0.5, 0.6) is 0 Å². The number of rotatable bonds is 6. The molecule has 1 heterocycles. The van der Waals surface area contributed by atoms with Crippen LogP contribution in [-0.2, 0) is 11.3 Å². The fraction of sp³-hybridized carbons (Fsp3) is 0.231. The van der Waals surface area contributed by atoms with E-state index in [1.165, 1.54) is 28.8 Å². The standard InChI is InChI=1S/C13H12N4O6/c1-9-14-8-12(17(21)22)15(9)6-7-23-13(18)10-2-4-11(5-3-10)16(19)20/h2-5,8H,6-7H2,1H3. The maximum absolute atomic E-state index is 11.8. The van der Waals surface area contributed by atoms with Crippen LogP contribution in [-0.4, -0.2) is 32.0 Å². The Morgan fingerprint density at radius 3 is 2.43 bits per heavy atom. The van der Waals surface area contributed by atoms with Gasteiger partial charge in [-0.3, -0.25) is 10.1 Å². The van der Waals surface area contributed by atoms with E-state index in [1.807, 2.05) is 0 Å². The van der Waals surface area contributed by atoms with Crippen molar-refractivity contribution in [3.05, 3.63) is 62.1 Å². The zero-order chi connectivity index (χ0) is 17.0. The number of ether oxygens (including phenoxy) is 1. The summed E-state index contributed by atoms with van der Waals surface area (Å²) in [5, 5.41) is 21.4. The number of nitro groups is 2. The van der Waals surface area contributed by atoms with Crippen LogP contribution in [0.1, 0.15) is 16.2 Å². The van der Waals surface area contributed by atoms with Crippen LogP contribution in [0, 0.1) is 27.2 Å². The molecule has 0 fully saturated rings. The Balaban J connectivity index is 1.96. The van der Waals surface area contributed by atoms with Crippen molar-refractivity contribution in [3.8, 4) is 0 Å². The minimum absolute atomic E-state index is 0.0842. The number of imidazole rings is 1. The smallest absolute Gasteiger partial charge is 0.342 e. The lowest BCUT2D eigenvalue weighted by Crippen LogP contribution is -2.13. The van der Waals surface area contributed by atoms with E-state index in [0.29, 0.717) is 5.82 Å². The van der Waals surface area contributed by atoms with Gasteiger partial charge in [0.1, 0.15) is 19.3 Å². The second kappa shape index (κ2) is 6.64. The van der Waals surface area contributed by atoms with Crippen molar-refractivity contribution < 1.29 is 19.4 Å². The number of carbonyl (C=O) groups is 1. The Kier molecular flexibility index (Phi) is 4.64. The van der Waals surface area contributed by atoms with Crippen LogP contribution in [0.3, 0.4) is 0 Å². The molecule has 0 saturated carbocycles. The van der Waals surface area contributed by atoms with Gasteiger partial charge in [-0.2, -0.15) is 0 Å². The number of nitrogens with zero attached hydrogens (tertiary/aromatic N) is 4. The number of aryl methyl sites for hydroxylation is 1. The normalized spacial score (nSPS) is 10.3. The Hall–Kier alpha value is -3.30. The van der Waals surface area contributed by atoms with Gasteiger partial charge in [0.2, 0.25) is 0 Å². The van der Waals surface area contributed by atoms with Gasteiger partial charge in [-0.25, -0.2) is 14.3 Å². The molecule has 0 unspecified atom stereocenters. The highest BCUT2D eigenvalue weighted by Crippen LogP contribution is 2.14. The van der Waals surface area contributed by atoms with Crippen molar-refractivity contribution in [1.82, 2.24) is 9.55 Å². The molecule has 0 spiro atoms. The maximum Gasteiger partial charge on any atom is 0.342 e. The third kappa shape index (κ3) is 3.67. The van der Waals surface area contributed by atoms with Gasteiger partial charge in [0.05, 0.1) is 10.5 Å². The molecule has 23 heavy (non-hydrogen) atoms. The Bertz CT molecular complexity index is 752. The van der Waals surface area contributed by atoms with Crippen molar-refractivity contribution in [2.24, 2.45) is 0 Å². The van der Waals surface area contributed by atoms with Crippen molar-refractivity contribution in [1.29, 1.82) is 0 Å². The number of aromatic nitrogens is 2. The predicted octanol–water partition coefficient (Wildman–Crippen LogP) is 1.86. The van der Waals surface area contributed by atoms with Crippen LogP contribution in [0.4, 0.5) is 11.5 Å². The Morgan fingerprint density at radius 2 is 1.87 bits per heavy atom. The summed E-state index contributed by atoms with van der Waals surface area (Å²) in [7, 11) is 0. The molecule has 0 aliphatic heterocycles. The zero-order valence-electron chi connectivity index (χ0n) is 12.0. The van der Waals surface area contributed by atoms with Crippen LogP contribution >= 0.6 is 0 Å². The molecule has 10 nitrogen and oxygen atoms in total. The monoisotopic (exact) mass is 320 g/mol. The molecular formula is C13H12N4O6. The fourth-order valence-electron chi connectivity index (χ4n) is 1.91. The molecule has 1 aromatic carbocycles. The summed E-state index contributed by atoms with van der Waals surface area (Å²) >= 11 is 0. The van der Waals surface area contributed by atoms with Gasteiger partial charge in [0.25, 0.3) is 5.69 Å². The predicted molar refractivity (Wildman–Crippen MR) is 77.0 cm³/mol. The highest BCUT2D eigenvalue weighted by atomic mass is 16.6. The van der Waals surface area contributed by atoms with Crippen LogP contribution in [0.25, 0.3) is 0 Å². The molecule has 2 aromatic rings. The first kappa shape index (κ1) is 16.1. The van der Waals surface area contributed by atoms with Crippen molar-refractivity contribution in [3.63, 3.8) is 0 Å². The first-order chi connectivity index (χ1) is 10.9. The lowest BCUT2D eigenvalue weighted by molar-refractivity contribution is -0.392. The number of nitro benzene ring substituents is 1. The van der Waals surface area contributed by atoms with E-state index in [9.17, 15) is 25.0 Å². The molecule has 0 atom stereocenters.